The Morgan fingerprint density at radius 2 is 2.00 bits per heavy atom. The number of hydrogen-bond acceptors (Lipinski definition) is 5. The van der Waals surface area contributed by atoms with Gasteiger partial charge in [0.1, 0.15) is 5.82 Å². The van der Waals surface area contributed by atoms with Crippen LogP contribution in [0.3, 0.4) is 0 Å². The highest BCUT2D eigenvalue weighted by atomic mass is 19.4. The van der Waals surface area contributed by atoms with Gasteiger partial charge in [0, 0.05) is 38.8 Å². The van der Waals surface area contributed by atoms with Crippen molar-refractivity contribution in [3.63, 3.8) is 0 Å². The number of ether oxygens (including phenoxy) is 1. The van der Waals surface area contributed by atoms with Crippen molar-refractivity contribution in [1.82, 2.24) is 15.1 Å². The first-order chi connectivity index (χ1) is 13.3. The van der Waals surface area contributed by atoms with Gasteiger partial charge < -0.3 is 20.1 Å². The van der Waals surface area contributed by atoms with Gasteiger partial charge in [-0.1, -0.05) is 12.1 Å². The van der Waals surface area contributed by atoms with E-state index in [-0.39, 0.29) is 12.1 Å². The van der Waals surface area contributed by atoms with Crippen molar-refractivity contribution in [1.29, 1.82) is 0 Å². The Kier molecular flexibility index (Phi) is 6.26. The van der Waals surface area contributed by atoms with Crippen LogP contribution in [0, 0.1) is 6.92 Å². The van der Waals surface area contributed by atoms with E-state index in [1.807, 2.05) is 18.7 Å². The molecule has 2 N–H and O–H groups in total. The lowest BCUT2D eigenvalue weighted by Gasteiger charge is -2.29. The molecule has 0 unspecified atom stereocenters. The molecular weight excluding hydrogens is 373 g/mol. The highest BCUT2D eigenvalue weighted by molar-refractivity contribution is 5.50. The quantitative estimate of drug-likeness (QED) is 0.783. The van der Waals surface area contributed by atoms with Crippen LogP contribution < -0.4 is 10.2 Å². The number of nitrogens with zero attached hydrogens (tertiary/aromatic N) is 3. The number of benzene rings is 1. The predicted molar refractivity (Wildman–Crippen MR) is 99.1 cm³/mol. The third-order valence-corrected chi connectivity index (χ3v) is 4.86. The molecule has 2 aromatic rings. The summed E-state index contributed by atoms with van der Waals surface area (Å²) in [5.41, 5.74) is 1.37. The molecule has 1 aromatic heterocycles. The first kappa shape index (κ1) is 20.6. The summed E-state index contributed by atoms with van der Waals surface area (Å²) >= 11 is 0. The van der Waals surface area contributed by atoms with Crippen LogP contribution in [0.15, 0.2) is 24.3 Å². The summed E-state index contributed by atoms with van der Waals surface area (Å²) in [5.74, 6) is 1.00. The fourth-order valence-electron chi connectivity index (χ4n) is 3.44. The molecule has 154 valence electrons. The van der Waals surface area contributed by atoms with Crippen LogP contribution >= 0.6 is 0 Å². The number of anilines is 1. The number of aryl methyl sites for hydroxylation is 2. The second kappa shape index (κ2) is 8.50. The van der Waals surface area contributed by atoms with Crippen LogP contribution in [-0.2, 0) is 24.5 Å². The lowest BCUT2D eigenvalue weighted by atomic mass is 10.1. The molecule has 1 atom stereocenters. The summed E-state index contributed by atoms with van der Waals surface area (Å²) in [5, 5.41) is 17.9. The summed E-state index contributed by atoms with van der Waals surface area (Å²) in [7, 11) is 1.89. The number of halogens is 3. The Morgan fingerprint density at radius 1 is 1.29 bits per heavy atom. The fraction of sp³-hybridized carbons (Fsp3) is 0.526. The van der Waals surface area contributed by atoms with Gasteiger partial charge in [0.05, 0.1) is 30.6 Å². The molecule has 1 fully saturated rings. The zero-order valence-electron chi connectivity index (χ0n) is 16.0. The summed E-state index contributed by atoms with van der Waals surface area (Å²) in [6.45, 7) is 5.39. The van der Waals surface area contributed by atoms with Gasteiger partial charge in [0.2, 0.25) is 0 Å². The van der Waals surface area contributed by atoms with Crippen LogP contribution in [0.5, 0.6) is 0 Å². The van der Waals surface area contributed by atoms with Crippen molar-refractivity contribution in [3.05, 3.63) is 46.6 Å². The lowest BCUT2D eigenvalue weighted by Crippen LogP contribution is -2.38. The van der Waals surface area contributed by atoms with E-state index in [0.717, 1.165) is 42.3 Å². The van der Waals surface area contributed by atoms with Crippen molar-refractivity contribution >= 4 is 5.82 Å². The summed E-state index contributed by atoms with van der Waals surface area (Å²) in [4.78, 5) is 2.21. The molecule has 1 saturated heterocycles. The van der Waals surface area contributed by atoms with E-state index in [1.54, 1.807) is 0 Å². The zero-order valence-corrected chi connectivity index (χ0v) is 16.0. The lowest BCUT2D eigenvalue weighted by molar-refractivity contribution is -0.137. The Labute approximate surface area is 161 Å². The molecule has 0 bridgehead atoms. The molecule has 0 saturated carbocycles. The SMILES string of the molecule is Cc1nn(C)c(N2CCOCC2)c1CNC[C@H](O)c1cccc(C(F)(F)F)c1. The van der Waals surface area contributed by atoms with E-state index in [0.29, 0.717) is 19.8 Å². The number of aliphatic hydroxyl groups excluding tert-OH is 1. The van der Waals surface area contributed by atoms with E-state index >= 15 is 0 Å². The molecule has 3 rings (SSSR count). The minimum Gasteiger partial charge on any atom is -0.387 e. The standard InChI is InChI=1S/C19H25F3N4O2/c1-13-16(18(25(2)24-13)26-6-8-28-9-7-26)11-23-12-17(27)14-4-3-5-15(10-14)19(20,21)22/h3-5,10,17,23,27H,6-9,11-12H2,1-2H3/t17-/m0/s1. The largest absolute Gasteiger partial charge is 0.416 e. The van der Waals surface area contributed by atoms with Crippen molar-refractivity contribution in [2.45, 2.75) is 25.7 Å². The normalized spacial score (nSPS) is 16.4. The summed E-state index contributed by atoms with van der Waals surface area (Å²) < 4.78 is 45.8. The molecule has 0 spiro atoms. The Balaban J connectivity index is 1.65. The second-order valence-electron chi connectivity index (χ2n) is 6.88. The molecule has 1 aliphatic heterocycles. The molecule has 2 heterocycles. The van der Waals surface area contributed by atoms with E-state index in [2.05, 4.69) is 15.3 Å². The van der Waals surface area contributed by atoms with Crippen LogP contribution in [-0.4, -0.2) is 47.7 Å². The third-order valence-electron chi connectivity index (χ3n) is 4.86. The molecule has 0 aliphatic carbocycles. The maximum atomic E-state index is 12.9. The molecule has 28 heavy (non-hydrogen) atoms. The first-order valence-corrected chi connectivity index (χ1v) is 9.18. The van der Waals surface area contributed by atoms with Crippen LogP contribution in [0.25, 0.3) is 0 Å². The minimum absolute atomic E-state index is 0.137. The van der Waals surface area contributed by atoms with Gasteiger partial charge in [0.15, 0.2) is 0 Å². The minimum atomic E-state index is -4.43. The maximum Gasteiger partial charge on any atom is 0.416 e. The number of aromatic nitrogens is 2. The number of nitrogens with one attached hydrogen (secondary N) is 1. The Hall–Kier alpha value is -2.10. The zero-order chi connectivity index (χ0) is 20.3. The van der Waals surface area contributed by atoms with Crippen molar-refractivity contribution in [2.75, 3.05) is 37.7 Å². The topological polar surface area (TPSA) is 62.5 Å². The van der Waals surface area contributed by atoms with Gasteiger partial charge in [-0.2, -0.15) is 18.3 Å². The maximum absolute atomic E-state index is 12.9. The summed E-state index contributed by atoms with van der Waals surface area (Å²) in [6, 6.07) is 4.79. The van der Waals surface area contributed by atoms with E-state index < -0.39 is 17.8 Å². The highest BCUT2D eigenvalue weighted by Crippen LogP contribution is 2.31. The third kappa shape index (κ3) is 4.65. The smallest absolute Gasteiger partial charge is 0.387 e. The van der Waals surface area contributed by atoms with Gasteiger partial charge in [-0.3, -0.25) is 4.68 Å². The van der Waals surface area contributed by atoms with Gasteiger partial charge in [-0.05, 0) is 24.6 Å². The van der Waals surface area contributed by atoms with Gasteiger partial charge in [-0.25, -0.2) is 0 Å². The van der Waals surface area contributed by atoms with E-state index in [9.17, 15) is 18.3 Å². The number of alkyl halides is 3. The van der Waals surface area contributed by atoms with E-state index in [1.165, 1.54) is 12.1 Å². The Morgan fingerprint density at radius 3 is 2.68 bits per heavy atom. The van der Waals surface area contributed by atoms with Crippen LogP contribution in [0.2, 0.25) is 0 Å². The van der Waals surface area contributed by atoms with Crippen molar-refractivity contribution < 1.29 is 23.0 Å². The average molecular weight is 398 g/mol. The van der Waals surface area contributed by atoms with Gasteiger partial charge in [0.25, 0.3) is 0 Å². The molecule has 1 aromatic carbocycles. The predicted octanol–water partition coefficient (Wildman–Crippen LogP) is 2.41. The van der Waals surface area contributed by atoms with E-state index in [4.69, 9.17) is 4.74 Å². The molecule has 0 amide bonds. The number of morpholine rings is 1. The molecule has 9 heteroatoms. The second-order valence-corrected chi connectivity index (χ2v) is 6.88. The number of rotatable bonds is 6. The van der Waals surface area contributed by atoms with Crippen molar-refractivity contribution in [3.8, 4) is 0 Å². The molecule has 1 aliphatic rings. The molecular formula is C19H25F3N4O2. The molecule has 6 nitrogen and oxygen atoms in total. The van der Waals surface area contributed by atoms with Crippen molar-refractivity contribution in [2.24, 2.45) is 7.05 Å². The van der Waals surface area contributed by atoms with Crippen LogP contribution in [0.4, 0.5) is 19.0 Å². The van der Waals surface area contributed by atoms with Gasteiger partial charge in [-0.15, -0.1) is 0 Å². The molecule has 0 radical (unpaired) electrons. The number of aliphatic hydroxyl groups is 1. The highest BCUT2D eigenvalue weighted by Gasteiger charge is 2.30. The number of hydrogen-bond donors (Lipinski definition) is 2. The Bertz CT molecular complexity index is 801. The van der Waals surface area contributed by atoms with Gasteiger partial charge >= 0.3 is 6.18 Å². The summed E-state index contributed by atoms with van der Waals surface area (Å²) in [6.07, 6.45) is -5.46. The van der Waals surface area contributed by atoms with Crippen LogP contribution in [0.1, 0.15) is 28.5 Å². The fourth-order valence-corrected chi connectivity index (χ4v) is 3.44. The monoisotopic (exact) mass is 398 g/mol. The average Bonchev–Trinajstić information content (AvgIpc) is 2.95. The first-order valence-electron chi connectivity index (χ1n) is 9.18.